The molecule has 1 saturated heterocycles. The van der Waals surface area contributed by atoms with Crippen LogP contribution in [0.3, 0.4) is 0 Å². The zero-order chi connectivity index (χ0) is 21.9. The monoisotopic (exact) mass is 412 g/mol. The normalized spacial score (nSPS) is 17.3. The van der Waals surface area contributed by atoms with Gasteiger partial charge in [0.1, 0.15) is 23.7 Å². The van der Waals surface area contributed by atoms with Gasteiger partial charge in [-0.15, -0.1) is 0 Å². The van der Waals surface area contributed by atoms with Crippen LogP contribution in [0, 0.1) is 0 Å². The Labute approximate surface area is 175 Å². The molecular weight excluding hydrogens is 384 g/mol. The number of carbonyl (C=O) groups is 2. The maximum absolute atomic E-state index is 12.8. The van der Waals surface area contributed by atoms with Crippen molar-refractivity contribution < 1.29 is 14.3 Å². The Bertz CT molecular complexity index is 976. The molecule has 30 heavy (non-hydrogen) atoms. The summed E-state index contributed by atoms with van der Waals surface area (Å²) in [5.41, 5.74) is 0.688. The van der Waals surface area contributed by atoms with Crippen molar-refractivity contribution in [2.24, 2.45) is 0 Å². The van der Waals surface area contributed by atoms with Gasteiger partial charge in [-0.25, -0.2) is 4.98 Å². The number of carbonyl (C=O) groups excluding carboxylic acids is 2. The highest BCUT2D eigenvalue weighted by atomic mass is 16.5. The van der Waals surface area contributed by atoms with E-state index in [2.05, 4.69) is 36.1 Å². The van der Waals surface area contributed by atoms with Crippen molar-refractivity contribution in [3.05, 3.63) is 57.8 Å². The van der Waals surface area contributed by atoms with E-state index >= 15 is 0 Å². The van der Waals surface area contributed by atoms with Crippen LogP contribution in [0.2, 0.25) is 0 Å². The fourth-order valence-electron chi connectivity index (χ4n) is 3.22. The molecule has 2 amide bonds. The molecule has 8 heteroatoms. The van der Waals surface area contributed by atoms with Gasteiger partial charge in [-0.05, 0) is 30.0 Å². The topological polar surface area (TPSA) is 104 Å². The minimum absolute atomic E-state index is 0.0468. The Balaban J connectivity index is 1.67. The Morgan fingerprint density at radius 2 is 1.93 bits per heavy atom. The zero-order valence-corrected chi connectivity index (χ0v) is 17.8. The van der Waals surface area contributed by atoms with Gasteiger partial charge in [0.25, 0.3) is 11.5 Å². The summed E-state index contributed by atoms with van der Waals surface area (Å²) in [6.45, 7) is 8.95. The van der Waals surface area contributed by atoms with Crippen molar-refractivity contribution in [3.8, 4) is 5.75 Å². The second-order valence-corrected chi connectivity index (χ2v) is 8.54. The number of nitrogens with zero attached hydrogens (tertiary/aromatic N) is 2. The average Bonchev–Trinajstić information content (AvgIpc) is 2.86. The number of aromatic amines is 1. The van der Waals surface area contributed by atoms with Gasteiger partial charge in [-0.2, -0.15) is 0 Å². The Hall–Kier alpha value is -3.16. The molecule has 0 spiro atoms. The minimum atomic E-state index is -0.521. The summed E-state index contributed by atoms with van der Waals surface area (Å²) in [5, 5.41) is 2.75. The van der Waals surface area contributed by atoms with Crippen molar-refractivity contribution in [2.75, 3.05) is 13.1 Å². The molecule has 3 rings (SSSR count). The molecule has 0 unspecified atom stereocenters. The average molecular weight is 412 g/mol. The van der Waals surface area contributed by atoms with Gasteiger partial charge in [0.2, 0.25) is 5.91 Å². The van der Waals surface area contributed by atoms with Gasteiger partial charge < -0.3 is 19.9 Å². The van der Waals surface area contributed by atoms with Gasteiger partial charge in [-0.1, -0.05) is 32.9 Å². The molecule has 0 bridgehead atoms. The summed E-state index contributed by atoms with van der Waals surface area (Å²) < 4.78 is 5.70. The number of rotatable bonds is 4. The van der Waals surface area contributed by atoms with Crippen LogP contribution >= 0.6 is 0 Å². The fraction of sp³-hybridized carbons (Fsp3) is 0.455. The highest BCUT2D eigenvalue weighted by molar-refractivity contribution is 5.94. The molecule has 1 aliphatic rings. The molecule has 1 atom stereocenters. The van der Waals surface area contributed by atoms with Gasteiger partial charge in [0, 0.05) is 31.7 Å². The number of amides is 2. The lowest BCUT2D eigenvalue weighted by Gasteiger charge is -2.26. The second-order valence-electron chi connectivity index (χ2n) is 8.54. The molecule has 160 valence electrons. The third kappa shape index (κ3) is 5.06. The molecule has 2 heterocycles. The van der Waals surface area contributed by atoms with E-state index in [1.807, 2.05) is 31.2 Å². The van der Waals surface area contributed by atoms with E-state index in [1.54, 1.807) is 0 Å². The molecule has 0 saturated carbocycles. The van der Waals surface area contributed by atoms with Gasteiger partial charge in [-0.3, -0.25) is 14.4 Å². The summed E-state index contributed by atoms with van der Waals surface area (Å²) in [7, 11) is 0. The standard InChI is InChI=1S/C22H28N4O4/c1-14-11-24-19(27)9-10-26(14)21(29)17-12-23-18(25-20(17)28)13-30-16-7-5-15(6-8-16)22(2,3)4/h5-8,12,14H,9-11,13H2,1-4H3,(H,24,27)(H,23,25,28)/t14-/m0/s1. The van der Waals surface area contributed by atoms with Crippen LogP contribution in [0.4, 0.5) is 0 Å². The molecule has 2 N–H and O–H groups in total. The van der Waals surface area contributed by atoms with Crippen molar-refractivity contribution in [3.63, 3.8) is 0 Å². The number of hydrogen-bond acceptors (Lipinski definition) is 5. The summed E-state index contributed by atoms with van der Waals surface area (Å²) in [6.07, 6.45) is 1.48. The number of ether oxygens (including phenoxy) is 1. The second kappa shape index (κ2) is 8.69. The highest BCUT2D eigenvalue weighted by Crippen LogP contribution is 2.24. The molecule has 1 fully saturated rings. The van der Waals surface area contributed by atoms with E-state index in [0.717, 1.165) is 0 Å². The number of nitrogens with one attached hydrogen (secondary N) is 2. The van der Waals surface area contributed by atoms with Crippen LogP contribution in [0.5, 0.6) is 5.75 Å². The third-order valence-corrected chi connectivity index (χ3v) is 5.15. The highest BCUT2D eigenvalue weighted by Gasteiger charge is 2.27. The van der Waals surface area contributed by atoms with Crippen LogP contribution in [0.15, 0.2) is 35.3 Å². The number of H-pyrrole nitrogens is 1. The molecule has 1 aromatic carbocycles. The smallest absolute Gasteiger partial charge is 0.263 e. The van der Waals surface area contributed by atoms with Crippen molar-refractivity contribution in [2.45, 2.75) is 52.2 Å². The maximum atomic E-state index is 12.8. The quantitative estimate of drug-likeness (QED) is 0.799. The van der Waals surface area contributed by atoms with Crippen LogP contribution < -0.4 is 15.6 Å². The van der Waals surface area contributed by atoms with E-state index in [9.17, 15) is 14.4 Å². The fourth-order valence-corrected chi connectivity index (χ4v) is 3.22. The summed E-state index contributed by atoms with van der Waals surface area (Å²) >= 11 is 0. The Morgan fingerprint density at radius 3 is 2.57 bits per heavy atom. The Kier molecular flexibility index (Phi) is 6.24. The van der Waals surface area contributed by atoms with E-state index in [4.69, 9.17) is 4.74 Å². The van der Waals surface area contributed by atoms with Gasteiger partial charge in [0.05, 0.1) is 0 Å². The third-order valence-electron chi connectivity index (χ3n) is 5.15. The number of hydrogen-bond donors (Lipinski definition) is 2. The first-order valence-electron chi connectivity index (χ1n) is 10.0. The number of benzene rings is 1. The Morgan fingerprint density at radius 1 is 1.23 bits per heavy atom. The summed E-state index contributed by atoms with van der Waals surface area (Å²) in [5.74, 6) is 0.462. The lowest BCUT2D eigenvalue weighted by atomic mass is 9.87. The van der Waals surface area contributed by atoms with Gasteiger partial charge >= 0.3 is 0 Å². The van der Waals surface area contributed by atoms with Crippen LogP contribution in [-0.2, 0) is 16.8 Å². The maximum Gasteiger partial charge on any atom is 0.263 e. The van der Waals surface area contributed by atoms with Gasteiger partial charge in [0.15, 0.2) is 0 Å². The van der Waals surface area contributed by atoms with Crippen molar-refractivity contribution >= 4 is 11.8 Å². The summed E-state index contributed by atoms with van der Waals surface area (Å²) in [6, 6.07) is 7.58. The molecule has 1 aromatic heterocycles. The van der Waals surface area contributed by atoms with E-state index in [-0.39, 0.29) is 42.5 Å². The predicted molar refractivity (Wildman–Crippen MR) is 112 cm³/mol. The number of aromatic nitrogens is 2. The van der Waals surface area contributed by atoms with E-state index in [1.165, 1.54) is 16.7 Å². The largest absolute Gasteiger partial charge is 0.486 e. The lowest BCUT2D eigenvalue weighted by molar-refractivity contribution is -0.120. The molecule has 2 aromatic rings. The molecule has 0 radical (unpaired) electrons. The lowest BCUT2D eigenvalue weighted by Crippen LogP contribution is -2.43. The van der Waals surface area contributed by atoms with Crippen LogP contribution in [0.25, 0.3) is 0 Å². The SMILES string of the molecule is C[C@H]1CNC(=O)CCN1C(=O)c1cnc(COc2ccc(C(C)(C)C)cc2)[nH]c1=O. The van der Waals surface area contributed by atoms with Crippen LogP contribution in [0.1, 0.15) is 55.9 Å². The first-order valence-corrected chi connectivity index (χ1v) is 10.0. The first kappa shape index (κ1) is 21.5. The minimum Gasteiger partial charge on any atom is -0.486 e. The predicted octanol–water partition coefficient (Wildman–Crippen LogP) is 2.00. The van der Waals surface area contributed by atoms with Crippen LogP contribution in [-0.4, -0.2) is 45.8 Å². The molecule has 0 aliphatic carbocycles. The van der Waals surface area contributed by atoms with E-state index < -0.39 is 11.5 Å². The molecular formula is C22H28N4O4. The first-order chi connectivity index (χ1) is 14.1. The van der Waals surface area contributed by atoms with Crippen molar-refractivity contribution in [1.82, 2.24) is 20.2 Å². The summed E-state index contributed by atoms with van der Waals surface area (Å²) in [4.78, 5) is 45.1. The van der Waals surface area contributed by atoms with E-state index in [0.29, 0.717) is 18.1 Å². The zero-order valence-electron chi connectivity index (χ0n) is 17.8. The van der Waals surface area contributed by atoms with Crippen molar-refractivity contribution in [1.29, 1.82) is 0 Å². The molecule has 8 nitrogen and oxygen atoms in total. The molecule has 1 aliphatic heterocycles.